The topological polar surface area (TPSA) is 124 Å². The Morgan fingerprint density at radius 3 is 0.941 bits per heavy atom. The average molecular weight is 927 g/mol. The lowest BCUT2D eigenvalue weighted by Crippen LogP contribution is -2.12. The normalized spacial score (nSPS) is 10.9. The number of esters is 4. The maximum Gasteiger partial charge on any atom is 0.343 e. The third-order valence-electron chi connectivity index (χ3n) is 11.5. The molecule has 0 radical (unpaired) electrons. The van der Waals surface area contributed by atoms with Crippen molar-refractivity contribution in [2.45, 2.75) is 142 Å². The Balaban J connectivity index is 0.975. The van der Waals surface area contributed by atoms with Gasteiger partial charge < -0.3 is 28.4 Å². The number of rotatable bonds is 32. The van der Waals surface area contributed by atoms with Crippen molar-refractivity contribution < 1.29 is 47.6 Å². The Labute approximate surface area is 403 Å². The number of hydrogen-bond acceptors (Lipinski definition) is 10. The van der Waals surface area contributed by atoms with Crippen LogP contribution in [0.15, 0.2) is 121 Å². The number of benzene rings is 5. The molecule has 0 saturated heterocycles. The summed E-state index contributed by atoms with van der Waals surface area (Å²) in [4.78, 5) is 51.7. The molecule has 362 valence electrons. The van der Waals surface area contributed by atoms with Gasteiger partial charge in [-0.05, 0) is 128 Å². The molecule has 5 aromatic rings. The Bertz CT molecular complexity index is 2230. The zero-order chi connectivity index (χ0) is 48.0. The summed E-state index contributed by atoms with van der Waals surface area (Å²) in [5.41, 5.74) is 0.997. The second kappa shape index (κ2) is 30.8. The van der Waals surface area contributed by atoms with Crippen LogP contribution in [0.25, 0.3) is 0 Å². The van der Waals surface area contributed by atoms with Crippen molar-refractivity contribution in [3.8, 4) is 34.5 Å². The summed E-state index contributed by atoms with van der Waals surface area (Å²) in [5, 5.41) is 0. The van der Waals surface area contributed by atoms with Crippen molar-refractivity contribution in [1.82, 2.24) is 0 Å². The molecule has 0 bridgehead atoms. The van der Waals surface area contributed by atoms with E-state index < -0.39 is 23.9 Å². The van der Waals surface area contributed by atoms with Crippen LogP contribution in [0.5, 0.6) is 34.5 Å². The van der Waals surface area contributed by atoms with Crippen molar-refractivity contribution in [3.05, 3.63) is 144 Å². The van der Waals surface area contributed by atoms with Gasteiger partial charge in [0.1, 0.15) is 34.5 Å². The van der Waals surface area contributed by atoms with Crippen LogP contribution in [0.4, 0.5) is 0 Å². The summed E-state index contributed by atoms with van der Waals surface area (Å²) in [6.45, 7) is 5.77. The van der Waals surface area contributed by atoms with Crippen molar-refractivity contribution in [2.24, 2.45) is 0 Å². The van der Waals surface area contributed by atoms with Gasteiger partial charge >= 0.3 is 23.9 Å². The molecule has 0 heterocycles. The van der Waals surface area contributed by atoms with Gasteiger partial charge in [-0.2, -0.15) is 0 Å². The molecule has 0 atom stereocenters. The van der Waals surface area contributed by atoms with E-state index in [9.17, 15) is 19.2 Å². The lowest BCUT2D eigenvalue weighted by Gasteiger charge is -2.09. The maximum absolute atomic E-state index is 13.0. The van der Waals surface area contributed by atoms with E-state index in [4.69, 9.17) is 28.4 Å². The van der Waals surface area contributed by atoms with Crippen molar-refractivity contribution >= 4 is 23.9 Å². The average Bonchev–Trinajstić information content (AvgIpc) is 3.36. The van der Waals surface area contributed by atoms with Crippen LogP contribution in [0.3, 0.4) is 0 Å². The van der Waals surface area contributed by atoms with E-state index in [0.717, 1.165) is 31.4 Å². The first-order chi connectivity index (χ1) is 33.3. The monoisotopic (exact) mass is 926 g/mol. The van der Waals surface area contributed by atoms with Crippen LogP contribution in [-0.4, -0.2) is 37.1 Å². The molecule has 10 nitrogen and oxygen atoms in total. The van der Waals surface area contributed by atoms with Gasteiger partial charge in [0.2, 0.25) is 0 Å². The number of hydrogen-bond donors (Lipinski definition) is 0. The number of unbranched alkanes of at least 4 members (excludes halogenated alkanes) is 18. The fourth-order valence-electron chi connectivity index (χ4n) is 7.52. The summed E-state index contributed by atoms with van der Waals surface area (Å²) >= 11 is 0. The van der Waals surface area contributed by atoms with Gasteiger partial charge in [-0.25, -0.2) is 19.2 Å². The minimum atomic E-state index is -0.689. The van der Waals surface area contributed by atoms with Crippen LogP contribution in [0.1, 0.15) is 184 Å². The fourth-order valence-corrected chi connectivity index (χ4v) is 7.52. The SMILES string of the molecule is CCCCCCCCCCCCOc1ccc(OC(=O)c2ccc(OC(=O)c3cccc(OC(=O)c4ccc(OC(=O)c5ccc(OCCCCCCCCCCCC)cc5)cc4)c3)cc2)cc1. The summed E-state index contributed by atoms with van der Waals surface area (Å²) in [5.74, 6) is -0.0656. The van der Waals surface area contributed by atoms with Crippen molar-refractivity contribution in [3.63, 3.8) is 0 Å². The molecule has 0 amide bonds. The maximum atomic E-state index is 13.0. The summed E-state index contributed by atoms with van der Waals surface area (Å²) in [7, 11) is 0. The molecule has 68 heavy (non-hydrogen) atoms. The van der Waals surface area contributed by atoms with Crippen LogP contribution in [-0.2, 0) is 0 Å². The molecule has 0 spiro atoms. The van der Waals surface area contributed by atoms with E-state index in [1.807, 2.05) is 0 Å². The quantitative estimate of drug-likeness (QED) is 0.0234. The first kappa shape index (κ1) is 52.5. The molecule has 0 N–H and O–H groups in total. The van der Waals surface area contributed by atoms with Crippen molar-refractivity contribution in [2.75, 3.05) is 13.2 Å². The molecular formula is C58H70O10. The first-order valence-corrected chi connectivity index (χ1v) is 25.0. The number of carbonyl (C=O) groups is 4. The van der Waals surface area contributed by atoms with Gasteiger partial charge in [0.05, 0.1) is 35.5 Å². The standard InChI is InChI=1S/C58H70O10/c1-3-5-7-9-11-13-15-17-19-21-42-63-49-32-26-45(27-33-49)55(59)65-51-34-30-47(31-35-51)57(61)68-54-25-23-24-48(44-54)58(62)67-52-36-28-46(29-37-52)56(60)66-53-40-38-50(39-41-53)64-43-22-20-18-16-14-12-10-8-6-4-2/h23-41,44H,3-22,42-43H2,1-2H3. The number of ether oxygens (including phenoxy) is 6. The molecule has 0 aromatic heterocycles. The number of carbonyl (C=O) groups excluding carboxylic acids is 4. The highest BCUT2D eigenvalue weighted by Crippen LogP contribution is 2.24. The van der Waals surface area contributed by atoms with Crippen molar-refractivity contribution in [1.29, 1.82) is 0 Å². The summed E-state index contributed by atoms with van der Waals surface area (Å²) in [6.07, 6.45) is 25.3. The van der Waals surface area contributed by atoms with Gasteiger partial charge in [-0.3, -0.25) is 0 Å². The van der Waals surface area contributed by atoms with Gasteiger partial charge in [-0.15, -0.1) is 0 Å². The van der Waals surface area contributed by atoms with Gasteiger partial charge in [0.25, 0.3) is 0 Å². The zero-order valence-electron chi connectivity index (χ0n) is 40.2. The van der Waals surface area contributed by atoms with Gasteiger partial charge in [-0.1, -0.05) is 135 Å². The van der Waals surface area contributed by atoms with E-state index in [-0.39, 0.29) is 33.9 Å². The molecule has 5 aromatic carbocycles. The van der Waals surface area contributed by atoms with E-state index >= 15 is 0 Å². The molecule has 0 fully saturated rings. The van der Waals surface area contributed by atoms with Gasteiger partial charge in [0, 0.05) is 0 Å². The van der Waals surface area contributed by atoms with E-state index in [1.165, 1.54) is 163 Å². The summed E-state index contributed by atoms with van der Waals surface area (Å²) < 4.78 is 33.8. The molecule has 0 aliphatic carbocycles. The Hall–Kier alpha value is -6.42. The Kier molecular flexibility index (Phi) is 23.8. The van der Waals surface area contributed by atoms with E-state index in [2.05, 4.69) is 13.8 Å². The smallest absolute Gasteiger partial charge is 0.343 e. The van der Waals surface area contributed by atoms with Crippen LogP contribution in [0, 0.1) is 0 Å². The second-order valence-electron chi connectivity index (χ2n) is 17.2. The highest BCUT2D eigenvalue weighted by Gasteiger charge is 2.16. The van der Waals surface area contributed by atoms with Crippen LogP contribution < -0.4 is 28.4 Å². The largest absolute Gasteiger partial charge is 0.494 e. The Morgan fingerprint density at radius 2 is 0.574 bits per heavy atom. The minimum absolute atomic E-state index is 0.127. The Morgan fingerprint density at radius 1 is 0.294 bits per heavy atom. The molecule has 0 aliphatic heterocycles. The lowest BCUT2D eigenvalue weighted by atomic mass is 10.1. The lowest BCUT2D eigenvalue weighted by molar-refractivity contribution is 0.0712. The molecule has 0 unspecified atom stereocenters. The van der Waals surface area contributed by atoms with E-state index in [0.29, 0.717) is 30.3 Å². The molecule has 0 aliphatic rings. The van der Waals surface area contributed by atoms with E-state index in [1.54, 1.807) is 60.7 Å². The molecule has 0 saturated carbocycles. The molecular weight excluding hydrogens is 857 g/mol. The third-order valence-corrected chi connectivity index (χ3v) is 11.5. The molecule has 10 heteroatoms. The van der Waals surface area contributed by atoms with Gasteiger partial charge in [0.15, 0.2) is 0 Å². The molecule has 5 rings (SSSR count). The van der Waals surface area contributed by atoms with Crippen LogP contribution in [0.2, 0.25) is 0 Å². The first-order valence-electron chi connectivity index (χ1n) is 25.0. The summed E-state index contributed by atoms with van der Waals surface area (Å²) in [6, 6.07) is 31.8. The zero-order valence-corrected chi connectivity index (χ0v) is 40.2. The third kappa shape index (κ3) is 19.8. The fraction of sp³-hybridized carbons (Fsp3) is 0.414. The predicted octanol–water partition coefficient (Wildman–Crippen LogP) is 15.2. The highest BCUT2D eigenvalue weighted by atomic mass is 16.5. The minimum Gasteiger partial charge on any atom is -0.494 e. The highest BCUT2D eigenvalue weighted by molar-refractivity contribution is 5.95. The second-order valence-corrected chi connectivity index (χ2v) is 17.2. The predicted molar refractivity (Wildman–Crippen MR) is 267 cm³/mol. The van der Waals surface area contributed by atoms with Crippen LogP contribution >= 0.6 is 0 Å².